The SMILES string of the molecule is C[C@H]1[C@@H](CN2CC3(C)CC2CC(C)(C)C3)O[C@@H](c2cccc(N)c2)O[C@H]1c1ccc(CO)cc1. The topological polar surface area (TPSA) is 68.0 Å². The van der Waals surface area contributed by atoms with Gasteiger partial charge in [-0.1, -0.05) is 64.1 Å². The van der Waals surface area contributed by atoms with Gasteiger partial charge in [0, 0.05) is 36.3 Å². The lowest BCUT2D eigenvalue weighted by Crippen LogP contribution is -2.46. The van der Waals surface area contributed by atoms with E-state index in [0.717, 1.165) is 29.8 Å². The van der Waals surface area contributed by atoms with Crippen molar-refractivity contribution >= 4 is 5.69 Å². The van der Waals surface area contributed by atoms with Gasteiger partial charge < -0.3 is 20.3 Å². The molecule has 3 N–H and O–H groups in total. The molecule has 2 aromatic carbocycles. The van der Waals surface area contributed by atoms with Gasteiger partial charge in [-0.05, 0) is 53.4 Å². The van der Waals surface area contributed by atoms with Crippen LogP contribution in [0.15, 0.2) is 48.5 Å². The minimum Gasteiger partial charge on any atom is -0.399 e. The van der Waals surface area contributed by atoms with Gasteiger partial charge in [-0.2, -0.15) is 0 Å². The smallest absolute Gasteiger partial charge is 0.185 e. The maximum Gasteiger partial charge on any atom is 0.185 e. The molecule has 2 aromatic rings. The predicted octanol–water partition coefficient (Wildman–Crippen LogP) is 5.45. The van der Waals surface area contributed by atoms with Crippen molar-refractivity contribution in [1.82, 2.24) is 4.90 Å². The Bertz CT molecular complexity index is 1010. The molecule has 0 radical (unpaired) electrons. The number of benzene rings is 2. The van der Waals surface area contributed by atoms with E-state index in [2.05, 4.69) is 44.7 Å². The summed E-state index contributed by atoms with van der Waals surface area (Å²) >= 11 is 0. The zero-order valence-corrected chi connectivity index (χ0v) is 21.0. The zero-order valence-electron chi connectivity index (χ0n) is 21.0. The van der Waals surface area contributed by atoms with Crippen LogP contribution in [-0.2, 0) is 16.1 Å². The van der Waals surface area contributed by atoms with Crippen molar-refractivity contribution < 1.29 is 14.6 Å². The van der Waals surface area contributed by atoms with Crippen molar-refractivity contribution in [2.75, 3.05) is 18.8 Å². The lowest BCUT2D eigenvalue weighted by Gasteiger charge is -2.43. The fourth-order valence-corrected chi connectivity index (χ4v) is 7.06. The molecule has 2 aliphatic heterocycles. The Hall–Kier alpha value is -1.92. The molecule has 0 spiro atoms. The monoisotopic (exact) mass is 464 g/mol. The molecule has 1 aliphatic carbocycles. The Labute approximate surface area is 204 Å². The average molecular weight is 465 g/mol. The normalized spacial score (nSPS) is 35.4. The molecule has 1 saturated carbocycles. The van der Waals surface area contributed by atoms with E-state index < -0.39 is 6.29 Å². The van der Waals surface area contributed by atoms with Crippen LogP contribution in [0.3, 0.4) is 0 Å². The van der Waals surface area contributed by atoms with Crippen LogP contribution in [0.5, 0.6) is 0 Å². The number of hydrogen-bond acceptors (Lipinski definition) is 5. The molecule has 0 amide bonds. The number of ether oxygens (including phenoxy) is 2. The second kappa shape index (κ2) is 8.94. The van der Waals surface area contributed by atoms with Gasteiger partial charge in [0.2, 0.25) is 0 Å². The molecule has 2 unspecified atom stereocenters. The minimum absolute atomic E-state index is 0.0461. The third kappa shape index (κ3) is 4.76. The summed E-state index contributed by atoms with van der Waals surface area (Å²) < 4.78 is 13.2. The Balaban J connectivity index is 1.42. The molecule has 3 fully saturated rings. The molecule has 0 aromatic heterocycles. The second-order valence-electron chi connectivity index (χ2n) is 12.1. The summed E-state index contributed by atoms with van der Waals surface area (Å²) in [6.45, 7) is 11.7. The van der Waals surface area contributed by atoms with Gasteiger partial charge >= 0.3 is 0 Å². The number of nitrogen functional groups attached to an aromatic ring is 1. The highest BCUT2D eigenvalue weighted by Crippen LogP contribution is 2.53. The van der Waals surface area contributed by atoms with Crippen molar-refractivity contribution in [1.29, 1.82) is 0 Å². The van der Waals surface area contributed by atoms with Crippen LogP contribution < -0.4 is 5.73 Å². The number of rotatable bonds is 5. The van der Waals surface area contributed by atoms with Gasteiger partial charge in [0.25, 0.3) is 0 Å². The lowest BCUT2D eigenvalue weighted by molar-refractivity contribution is -0.276. The summed E-state index contributed by atoms with van der Waals surface area (Å²) in [6.07, 6.45) is 3.34. The number of aliphatic hydroxyl groups excluding tert-OH is 1. The highest BCUT2D eigenvalue weighted by atomic mass is 16.7. The lowest BCUT2D eigenvalue weighted by atomic mass is 9.65. The summed E-state index contributed by atoms with van der Waals surface area (Å²) in [4.78, 5) is 2.70. The van der Waals surface area contributed by atoms with Crippen molar-refractivity contribution in [2.45, 2.75) is 78.1 Å². The number of nitrogens with zero attached hydrogens (tertiary/aromatic N) is 1. The first-order chi connectivity index (χ1) is 16.1. The molecule has 184 valence electrons. The molecule has 5 nitrogen and oxygen atoms in total. The number of fused-ring (bicyclic) bond motifs is 2. The Morgan fingerprint density at radius 3 is 2.50 bits per heavy atom. The van der Waals surface area contributed by atoms with Crippen LogP contribution in [0.25, 0.3) is 0 Å². The van der Waals surface area contributed by atoms with Crippen molar-refractivity contribution in [3.05, 3.63) is 65.2 Å². The highest BCUT2D eigenvalue weighted by molar-refractivity contribution is 5.41. The maximum absolute atomic E-state index is 9.47. The molecule has 2 bridgehead atoms. The summed E-state index contributed by atoms with van der Waals surface area (Å²) in [5.74, 6) is 0.193. The van der Waals surface area contributed by atoms with Crippen LogP contribution in [0.2, 0.25) is 0 Å². The van der Waals surface area contributed by atoms with Gasteiger partial charge in [0.05, 0.1) is 18.8 Å². The number of aliphatic hydroxyl groups is 1. The Morgan fingerprint density at radius 2 is 1.79 bits per heavy atom. The molecule has 3 aliphatic rings. The summed E-state index contributed by atoms with van der Waals surface area (Å²) in [6, 6.07) is 16.6. The summed E-state index contributed by atoms with van der Waals surface area (Å²) in [7, 11) is 0. The second-order valence-corrected chi connectivity index (χ2v) is 12.1. The van der Waals surface area contributed by atoms with E-state index in [9.17, 15) is 5.11 Å². The molecule has 2 saturated heterocycles. The van der Waals surface area contributed by atoms with Crippen LogP contribution in [-0.4, -0.2) is 35.2 Å². The molecule has 2 heterocycles. The number of likely N-dealkylation sites (tertiary alicyclic amines) is 1. The first-order valence-corrected chi connectivity index (χ1v) is 12.7. The van der Waals surface area contributed by atoms with E-state index in [-0.39, 0.29) is 24.7 Å². The van der Waals surface area contributed by atoms with Crippen molar-refractivity contribution in [3.8, 4) is 0 Å². The predicted molar refractivity (Wildman–Crippen MR) is 135 cm³/mol. The maximum atomic E-state index is 9.47. The van der Waals surface area contributed by atoms with Gasteiger partial charge in [-0.15, -0.1) is 0 Å². The first-order valence-electron chi connectivity index (χ1n) is 12.7. The van der Waals surface area contributed by atoms with E-state index in [0.29, 0.717) is 22.6 Å². The van der Waals surface area contributed by atoms with Gasteiger partial charge in [0.15, 0.2) is 6.29 Å². The number of nitrogens with two attached hydrogens (primary N) is 1. The van der Waals surface area contributed by atoms with Crippen molar-refractivity contribution in [3.63, 3.8) is 0 Å². The van der Waals surface area contributed by atoms with Crippen LogP contribution in [0.4, 0.5) is 5.69 Å². The number of hydrogen-bond donors (Lipinski definition) is 2. The van der Waals surface area contributed by atoms with E-state index in [4.69, 9.17) is 15.2 Å². The van der Waals surface area contributed by atoms with Crippen LogP contribution in [0, 0.1) is 16.7 Å². The minimum atomic E-state index is -0.457. The molecule has 6 atom stereocenters. The van der Waals surface area contributed by atoms with E-state index in [1.165, 1.54) is 19.3 Å². The van der Waals surface area contributed by atoms with E-state index >= 15 is 0 Å². The molecule has 5 heteroatoms. The van der Waals surface area contributed by atoms with Crippen LogP contribution in [0.1, 0.15) is 76.0 Å². The fraction of sp³-hybridized carbons (Fsp3) is 0.586. The molecular weight excluding hydrogens is 424 g/mol. The fourth-order valence-electron chi connectivity index (χ4n) is 7.06. The quantitative estimate of drug-likeness (QED) is 0.576. The number of anilines is 1. The van der Waals surface area contributed by atoms with E-state index in [1.807, 2.05) is 36.4 Å². The first kappa shape index (κ1) is 23.8. The van der Waals surface area contributed by atoms with E-state index in [1.54, 1.807) is 0 Å². The highest BCUT2D eigenvalue weighted by Gasteiger charge is 2.51. The Morgan fingerprint density at radius 1 is 1.03 bits per heavy atom. The largest absolute Gasteiger partial charge is 0.399 e. The third-order valence-corrected chi connectivity index (χ3v) is 8.24. The van der Waals surface area contributed by atoms with Gasteiger partial charge in [-0.25, -0.2) is 0 Å². The molecule has 34 heavy (non-hydrogen) atoms. The van der Waals surface area contributed by atoms with Crippen molar-refractivity contribution in [2.24, 2.45) is 16.7 Å². The Kier molecular flexibility index (Phi) is 6.26. The third-order valence-electron chi connectivity index (χ3n) is 8.24. The average Bonchev–Trinajstić information content (AvgIpc) is 3.02. The van der Waals surface area contributed by atoms with Crippen LogP contribution >= 0.6 is 0 Å². The molecular formula is C29H40N2O3. The standard InChI is InChI=1S/C29H40N2O3/c1-19-25(15-31-18-29(4)14-24(31)13-28(2,3)17-29)33-27(22-6-5-7-23(30)12-22)34-26(19)21-10-8-20(16-32)9-11-21/h5-12,19,24-27,32H,13-18,30H2,1-4H3/t19-,24?,25+,26+,27+,29?/m0/s1. The molecule has 5 rings (SSSR count). The van der Waals surface area contributed by atoms with Gasteiger partial charge in [-0.3, -0.25) is 4.90 Å². The van der Waals surface area contributed by atoms with Gasteiger partial charge in [0.1, 0.15) is 0 Å². The zero-order chi connectivity index (χ0) is 24.1. The summed E-state index contributed by atoms with van der Waals surface area (Å²) in [5.41, 5.74) is 10.6. The summed E-state index contributed by atoms with van der Waals surface area (Å²) in [5, 5.41) is 9.47.